The van der Waals surface area contributed by atoms with Crippen molar-refractivity contribution in [1.29, 1.82) is 0 Å². The Morgan fingerprint density at radius 2 is 2.13 bits per heavy atom. The molecule has 78 valence electrons. The summed E-state index contributed by atoms with van der Waals surface area (Å²) in [6.45, 7) is 0.835. The molecule has 1 saturated heterocycles. The van der Waals surface area contributed by atoms with E-state index in [9.17, 15) is 0 Å². The van der Waals surface area contributed by atoms with Gasteiger partial charge >= 0.3 is 0 Å². The van der Waals surface area contributed by atoms with Gasteiger partial charge in [0, 0.05) is 7.05 Å². The van der Waals surface area contributed by atoms with Crippen LogP contribution in [0.2, 0.25) is 0 Å². The molecule has 1 aliphatic rings. The van der Waals surface area contributed by atoms with Gasteiger partial charge in [0.2, 0.25) is 0 Å². The van der Waals surface area contributed by atoms with Crippen LogP contribution < -0.4 is 0 Å². The number of hydrogen-bond acceptors (Lipinski definition) is 2. The maximum Gasteiger partial charge on any atom is 0.259 e. The summed E-state index contributed by atoms with van der Waals surface area (Å²) in [5, 5.41) is 0.581. The van der Waals surface area contributed by atoms with Crippen LogP contribution >= 0.6 is 12.2 Å². The van der Waals surface area contributed by atoms with Gasteiger partial charge in [-0.2, -0.15) is 0 Å². The summed E-state index contributed by atoms with van der Waals surface area (Å²) in [6, 6.07) is 10.2. The monoisotopic (exact) mass is 219 g/mol. The van der Waals surface area contributed by atoms with Crippen LogP contribution in [0.25, 0.3) is 6.08 Å². The lowest BCUT2D eigenvalue weighted by Gasteiger charge is -2.02. The van der Waals surface area contributed by atoms with Crippen LogP contribution in [0, 0.1) is 0 Å². The zero-order valence-corrected chi connectivity index (χ0v) is 9.41. The number of thiocarbonyl (C=S) groups is 1. The van der Waals surface area contributed by atoms with Crippen molar-refractivity contribution in [3.8, 4) is 0 Å². The smallest absolute Gasteiger partial charge is 0.259 e. The van der Waals surface area contributed by atoms with Gasteiger partial charge in [0.05, 0.1) is 6.54 Å². The average Bonchev–Trinajstić information content (AvgIpc) is 2.57. The van der Waals surface area contributed by atoms with E-state index in [1.807, 2.05) is 36.2 Å². The molecule has 0 aromatic heterocycles. The maximum absolute atomic E-state index is 5.47. The molecule has 0 spiro atoms. The van der Waals surface area contributed by atoms with Gasteiger partial charge in [0.15, 0.2) is 0 Å². The first-order valence-electron chi connectivity index (χ1n) is 4.91. The largest absolute Gasteiger partial charge is 0.461 e. The number of hydrogen-bond donors (Lipinski definition) is 0. The molecule has 0 amide bonds. The molecule has 3 heteroatoms. The normalized spacial score (nSPS) is 21.0. The molecule has 0 bridgehead atoms. The molecule has 2 rings (SSSR count). The van der Waals surface area contributed by atoms with Crippen molar-refractivity contribution >= 4 is 23.5 Å². The summed E-state index contributed by atoms with van der Waals surface area (Å²) >= 11 is 5.02. The van der Waals surface area contributed by atoms with Gasteiger partial charge in [-0.3, -0.25) is 0 Å². The molecule has 0 aliphatic carbocycles. The van der Waals surface area contributed by atoms with E-state index in [4.69, 9.17) is 17.0 Å². The second-order valence-corrected chi connectivity index (χ2v) is 3.92. The van der Waals surface area contributed by atoms with Gasteiger partial charge in [-0.1, -0.05) is 36.4 Å². The molecular formula is C12H13NOS. The molecule has 15 heavy (non-hydrogen) atoms. The Labute approximate surface area is 95.2 Å². The first kappa shape index (κ1) is 10.2. The Morgan fingerprint density at radius 1 is 1.40 bits per heavy atom. The summed E-state index contributed by atoms with van der Waals surface area (Å²) in [5.74, 6) is 0. The molecule has 0 saturated carbocycles. The Bertz CT molecular complexity index is 374. The highest BCUT2D eigenvalue weighted by molar-refractivity contribution is 7.80. The summed E-state index contributed by atoms with van der Waals surface area (Å²) in [6.07, 6.45) is 4.19. The Balaban J connectivity index is 1.99. The third kappa shape index (κ3) is 2.57. The Kier molecular flexibility index (Phi) is 3.02. The van der Waals surface area contributed by atoms with Crippen molar-refractivity contribution in [2.24, 2.45) is 0 Å². The highest BCUT2D eigenvalue weighted by atomic mass is 32.1. The van der Waals surface area contributed by atoms with Crippen molar-refractivity contribution in [1.82, 2.24) is 4.90 Å². The molecule has 2 nitrogen and oxygen atoms in total. The molecule has 1 aromatic rings. The van der Waals surface area contributed by atoms with Crippen LogP contribution in [-0.4, -0.2) is 29.8 Å². The molecule has 1 aliphatic heterocycles. The third-order valence-electron chi connectivity index (χ3n) is 2.32. The van der Waals surface area contributed by atoms with E-state index in [0.29, 0.717) is 5.17 Å². The van der Waals surface area contributed by atoms with Crippen molar-refractivity contribution in [2.45, 2.75) is 6.10 Å². The molecule has 1 atom stereocenters. The minimum absolute atomic E-state index is 0.0858. The number of rotatable bonds is 2. The fourth-order valence-corrected chi connectivity index (χ4v) is 1.68. The van der Waals surface area contributed by atoms with Gasteiger partial charge in [-0.05, 0) is 23.9 Å². The fraction of sp³-hybridized carbons (Fsp3) is 0.250. The molecule has 0 radical (unpaired) electrons. The Hall–Kier alpha value is -1.35. The second-order valence-electron chi connectivity index (χ2n) is 3.57. The molecule has 0 N–H and O–H groups in total. The lowest BCUT2D eigenvalue weighted by atomic mass is 10.2. The maximum atomic E-state index is 5.47. The van der Waals surface area contributed by atoms with Crippen molar-refractivity contribution < 1.29 is 4.74 Å². The zero-order chi connectivity index (χ0) is 10.7. The average molecular weight is 219 g/mol. The van der Waals surface area contributed by atoms with E-state index in [1.165, 1.54) is 5.56 Å². The molecular weight excluding hydrogens is 206 g/mol. The van der Waals surface area contributed by atoms with Gasteiger partial charge < -0.3 is 9.64 Å². The van der Waals surface area contributed by atoms with Crippen LogP contribution in [0.15, 0.2) is 36.4 Å². The SMILES string of the molecule is CN1CC(/C=C/c2ccccc2)OC1=S. The van der Waals surface area contributed by atoms with E-state index in [1.54, 1.807) is 0 Å². The van der Waals surface area contributed by atoms with E-state index in [2.05, 4.69) is 18.2 Å². The number of benzene rings is 1. The standard InChI is InChI=1S/C12H13NOS/c1-13-9-11(14-12(13)15)8-7-10-5-3-2-4-6-10/h2-8,11H,9H2,1H3/b8-7+. The molecule has 1 fully saturated rings. The molecule has 1 unspecified atom stereocenters. The minimum Gasteiger partial charge on any atom is -0.461 e. The lowest BCUT2D eigenvalue weighted by molar-refractivity contribution is 0.287. The van der Waals surface area contributed by atoms with Crippen LogP contribution in [0.3, 0.4) is 0 Å². The van der Waals surface area contributed by atoms with Crippen molar-refractivity contribution in [2.75, 3.05) is 13.6 Å². The number of ether oxygens (including phenoxy) is 1. The molecule has 1 heterocycles. The summed E-state index contributed by atoms with van der Waals surface area (Å²) in [7, 11) is 1.94. The van der Waals surface area contributed by atoms with Crippen molar-refractivity contribution in [3.05, 3.63) is 42.0 Å². The lowest BCUT2D eigenvalue weighted by Crippen LogP contribution is -2.18. The molecule has 1 aromatic carbocycles. The van der Waals surface area contributed by atoms with E-state index in [0.717, 1.165) is 6.54 Å². The predicted octanol–water partition coefficient (Wildman–Crippen LogP) is 2.32. The quantitative estimate of drug-likeness (QED) is 0.708. The first-order chi connectivity index (χ1) is 7.25. The predicted molar refractivity (Wildman–Crippen MR) is 65.6 cm³/mol. The topological polar surface area (TPSA) is 12.5 Å². The van der Waals surface area contributed by atoms with Gasteiger partial charge in [-0.15, -0.1) is 0 Å². The van der Waals surface area contributed by atoms with Crippen molar-refractivity contribution in [3.63, 3.8) is 0 Å². The van der Waals surface area contributed by atoms with E-state index >= 15 is 0 Å². The third-order valence-corrected chi connectivity index (χ3v) is 2.73. The highest BCUT2D eigenvalue weighted by Gasteiger charge is 2.22. The summed E-state index contributed by atoms with van der Waals surface area (Å²) in [5.41, 5.74) is 1.18. The fourth-order valence-electron chi connectivity index (χ4n) is 1.48. The summed E-state index contributed by atoms with van der Waals surface area (Å²) in [4.78, 5) is 1.94. The number of nitrogens with zero attached hydrogens (tertiary/aromatic N) is 1. The number of likely N-dealkylation sites (N-methyl/N-ethyl adjacent to an activating group) is 1. The van der Waals surface area contributed by atoms with E-state index in [-0.39, 0.29) is 6.10 Å². The second kappa shape index (κ2) is 4.45. The Morgan fingerprint density at radius 3 is 2.73 bits per heavy atom. The van der Waals surface area contributed by atoms with Crippen LogP contribution in [0.1, 0.15) is 5.56 Å². The highest BCUT2D eigenvalue weighted by Crippen LogP contribution is 2.12. The van der Waals surface area contributed by atoms with Gasteiger partial charge in [0.1, 0.15) is 6.10 Å². The minimum atomic E-state index is 0.0858. The van der Waals surface area contributed by atoms with Crippen LogP contribution in [0.5, 0.6) is 0 Å². The van der Waals surface area contributed by atoms with Crippen LogP contribution in [-0.2, 0) is 4.74 Å². The van der Waals surface area contributed by atoms with Gasteiger partial charge in [-0.25, -0.2) is 0 Å². The summed E-state index contributed by atoms with van der Waals surface area (Å²) < 4.78 is 5.47. The van der Waals surface area contributed by atoms with Crippen LogP contribution in [0.4, 0.5) is 0 Å². The zero-order valence-electron chi connectivity index (χ0n) is 8.59. The van der Waals surface area contributed by atoms with E-state index < -0.39 is 0 Å². The first-order valence-corrected chi connectivity index (χ1v) is 5.31. The van der Waals surface area contributed by atoms with Gasteiger partial charge in [0.25, 0.3) is 5.17 Å².